The van der Waals surface area contributed by atoms with Crippen LogP contribution in [-0.2, 0) is 4.84 Å². The Hall–Kier alpha value is -1.00. The van der Waals surface area contributed by atoms with E-state index in [1.807, 2.05) is 36.4 Å². The lowest BCUT2D eigenvalue weighted by Crippen LogP contribution is -2.12. The molecule has 2 rings (SSSR count). The van der Waals surface area contributed by atoms with Crippen molar-refractivity contribution in [3.05, 3.63) is 41.0 Å². The second-order valence-corrected chi connectivity index (χ2v) is 4.43. The maximum atomic E-state index is 5.58. The van der Waals surface area contributed by atoms with E-state index in [2.05, 4.69) is 21.4 Å². The van der Waals surface area contributed by atoms with Gasteiger partial charge in [0.2, 0.25) is 0 Å². The summed E-state index contributed by atoms with van der Waals surface area (Å²) >= 11 is 3.32. The van der Waals surface area contributed by atoms with Crippen molar-refractivity contribution in [3.63, 3.8) is 0 Å². The van der Waals surface area contributed by atoms with Gasteiger partial charge in [-0.15, -0.1) is 0 Å². The predicted octanol–water partition coefficient (Wildman–Crippen LogP) is 2.99. The fourth-order valence-electron chi connectivity index (χ4n) is 1.50. The maximum Gasteiger partial charge on any atom is 0.119 e. The van der Waals surface area contributed by atoms with Crippen LogP contribution >= 0.6 is 15.9 Å². The van der Waals surface area contributed by atoms with Gasteiger partial charge in [-0.2, -0.15) is 0 Å². The molecule has 0 saturated carbocycles. The molecule has 4 heteroatoms. The first kappa shape index (κ1) is 11.5. The Morgan fingerprint density at radius 1 is 1.31 bits per heavy atom. The molecule has 0 unspecified atom stereocenters. The highest BCUT2D eigenvalue weighted by Gasteiger charge is 2.13. The van der Waals surface area contributed by atoms with Gasteiger partial charge in [0.1, 0.15) is 16.5 Å². The summed E-state index contributed by atoms with van der Waals surface area (Å²) in [4.78, 5) is 5.27. The van der Waals surface area contributed by atoms with Crippen LogP contribution in [0.25, 0.3) is 0 Å². The second-order valence-electron chi connectivity index (χ2n) is 3.58. The van der Waals surface area contributed by atoms with E-state index in [4.69, 9.17) is 9.57 Å². The molecule has 0 fully saturated rings. The lowest BCUT2D eigenvalue weighted by atomic mass is 10.2. The number of nitrogens with one attached hydrogen (secondary N) is 1. The summed E-state index contributed by atoms with van der Waals surface area (Å²) in [5.74, 6) is 0.921. The molecule has 1 heterocycles. The number of hydroxylamine groups is 1. The third kappa shape index (κ3) is 3.54. The van der Waals surface area contributed by atoms with Crippen LogP contribution in [0, 0.1) is 0 Å². The average molecular weight is 284 g/mol. The van der Waals surface area contributed by atoms with Gasteiger partial charge in [0, 0.05) is 0 Å². The topological polar surface area (TPSA) is 30.5 Å². The Morgan fingerprint density at radius 3 is 2.81 bits per heavy atom. The summed E-state index contributed by atoms with van der Waals surface area (Å²) < 4.78 is 6.49. The molecule has 0 aromatic heterocycles. The molecular weight excluding hydrogens is 270 g/mol. The normalized spacial score (nSPS) is 19.1. The van der Waals surface area contributed by atoms with E-state index in [0.29, 0.717) is 0 Å². The van der Waals surface area contributed by atoms with Crippen molar-refractivity contribution >= 4 is 15.9 Å². The highest BCUT2D eigenvalue weighted by atomic mass is 79.9. The highest BCUT2D eigenvalue weighted by molar-refractivity contribution is 9.11. The van der Waals surface area contributed by atoms with Crippen LogP contribution in [-0.4, -0.2) is 12.7 Å². The minimum atomic E-state index is 0.147. The average Bonchev–Trinajstić information content (AvgIpc) is 2.72. The Morgan fingerprint density at radius 2 is 2.12 bits per heavy atom. The largest absolute Gasteiger partial charge is 0.494 e. The summed E-state index contributed by atoms with van der Waals surface area (Å²) in [6.07, 6.45) is 4.09. The summed E-state index contributed by atoms with van der Waals surface area (Å²) in [5, 5.41) is 0. The molecule has 0 radical (unpaired) electrons. The third-order valence-electron chi connectivity index (χ3n) is 2.28. The molecule has 0 spiro atoms. The minimum absolute atomic E-state index is 0.147. The standard InChI is InChI=1S/C12H14BrNO2/c13-12-9-11(16-14-12)7-4-8-15-10-5-2-1-3-6-10/h1-3,5-6,9,11,14H,4,7-8H2/t11-/m0/s1. The molecule has 0 aliphatic carbocycles. The molecule has 3 nitrogen and oxygen atoms in total. The Balaban J connectivity index is 1.62. The zero-order valence-electron chi connectivity index (χ0n) is 8.86. The van der Waals surface area contributed by atoms with E-state index in [9.17, 15) is 0 Å². The quantitative estimate of drug-likeness (QED) is 0.666. The lowest BCUT2D eigenvalue weighted by molar-refractivity contribution is 0.0386. The molecule has 1 N–H and O–H groups in total. The first-order chi connectivity index (χ1) is 7.84. The van der Waals surface area contributed by atoms with Gasteiger partial charge in [0.15, 0.2) is 0 Å². The van der Waals surface area contributed by atoms with Crippen LogP contribution in [0.4, 0.5) is 0 Å². The van der Waals surface area contributed by atoms with E-state index in [1.165, 1.54) is 0 Å². The Labute approximate surface area is 104 Å². The first-order valence-corrected chi connectivity index (χ1v) is 6.11. The number of rotatable bonds is 5. The number of hydrogen-bond donors (Lipinski definition) is 1. The van der Waals surface area contributed by atoms with Crippen LogP contribution in [0.3, 0.4) is 0 Å². The molecule has 1 atom stereocenters. The Kier molecular flexibility index (Phi) is 4.25. The number of benzene rings is 1. The minimum Gasteiger partial charge on any atom is -0.494 e. The van der Waals surface area contributed by atoms with Gasteiger partial charge in [-0.1, -0.05) is 18.2 Å². The molecule has 16 heavy (non-hydrogen) atoms. The van der Waals surface area contributed by atoms with Crippen molar-refractivity contribution in [3.8, 4) is 5.75 Å². The van der Waals surface area contributed by atoms with Crippen molar-refractivity contribution in [2.24, 2.45) is 0 Å². The molecular formula is C12H14BrNO2. The van der Waals surface area contributed by atoms with E-state index in [1.54, 1.807) is 0 Å². The van der Waals surface area contributed by atoms with Crippen molar-refractivity contribution in [1.82, 2.24) is 5.48 Å². The smallest absolute Gasteiger partial charge is 0.119 e. The van der Waals surface area contributed by atoms with Gasteiger partial charge >= 0.3 is 0 Å². The fourth-order valence-corrected chi connectivity index (χ4v) is 1.89. The van der Waals surface area contributed by atoms with Crippen LogP contribution < -0.4 is 10.2 Å². The molecule has 1 aliphatic heterocycles. The van der Waals surface area contributed by atoms with Gasteiger partial charge in [0.05, 0.1) is 6.61 Å². The first-order valence-electron chi connectivity index (χ1n) is 5.31. The number of hydrogen-bond acceptors (Lipinski definition) is 3. The molecule has 0 bridgehead atoms. The van der Waals surface area contributed by atoms with Gasteiger partial charge in [-0.25, -0.2) is 0 Å². The summed E-state index contributed by atoms with van der Waals surface area (Å²) in [7, 11) is 0. The van der Waals surface area contributed by atoms with Gasteiger partial charge in [-0.3, -0.25) is 10.3 Å². The Bertz CT molecular complexity index is 353. The highest BCUT2D eigenvalue weighted by Crippen LogP contribution is 2.16. The number of halogens is 1. The van der Waals surface area contributed by atoms with Crippen LogP contribution in [0.1, 0.15) is 12.8 Å². The predicted molar refractivity (Wildman–Crippen MR) is 66.2 cm³/mol. The SMILES string of the molecule is BrC1=C[C@H](CCCOc2ccccc2)ON1. The maximum absolute atomic E-state index is 5.58. The summed E-state index contributed by atoms with van der Waals surface area (Å²) in [6.45, 7) is 0.718. The second kappa shape index (κ2) is 5.92. The number of para-hydroxylation sites is 1. The van der Waals surface area contributed by atoms with Crippen LogP contribution in [0.15, 0.2) is 41.0 Å². The van der Waals surface area contributed by atoms with Crippen molar-refractivity contribution in [2.75, 3.05) is 6.61 Å². The molecule has 0 amide bonds. The molecule has 1 aromatic carbocycles. The zero-order chi connectivity index (χ0) is 11.2. The fraction of sp³-hybridized carbons (Fsp3) is 0.333. The van der Waals surface area contributed by atoms with Crippen molar-refractivity contribution < 1.29 is 9.57 Å². The van der Waals surface area contributed by atoms with E-state index in [-0.39, 0.29) is 6.10 Å². The molecule has 1 aliphatic rings. The zero-order valence-corrected chi connectivity index (χ0v) is 10.4. The lowest BCUT2D eigenvalue weighted by Gasteiger charge is -2.08. The summed E-state index contributed by atoms with van der Waals surface area (Å²) in [5.41, 5.74) is 2.77. The third-order valence-corrected chi connectivity index (χ3v) is 2.71. The molecule has 1 aromatic rings. The summed E-state index contributed by atoms with van der Waals surface area (Å²) in [6, 6.07) is 9.85. The van der Waals surface area contributed by atoms with E-state index < -0.39 is 0 Å². The van der Waals surface area contributed by atoms with Crippen LogP contribution in [0.2, 0.25) is 0 Å². The van der Waals surface area contributed by atoms with Crippen molar-refractivity contribution in [2.45, 2.75) is 18.9 Å². The van der Waals surface area contributed by atoms with Gasteiger partial charge < -0.3 is 4.74 Å². The monoisotopic (exact) mass is 283 g/mol. The van der Waals surface area contributed by atoms with E-state index >= 15 is 0 Å². The number of ether oxygens (including phenoxy) is 1. The van der Waals surface area contributed by atoms with Gasteiger partial charge in [-0.05, 0) is 47.0 Å². The molecule has 0 saturated heterocycles. The molecule has 86 valence electrons. The van der Waals surface area contributed by atoms with E-state index in [0.717, 1.165) is 29.8 Å². The van der Waals surface area contributed by atoms with Crippen LogP contribution in [0.5, 0.6) is 5.75 Å². The van der Waals surface area contributed by atoms with Gasteiger partial charge in [0.25, 0.3) is 0 Å². The van der Waals surface area contributed by atoms with Crippen molar-refractivity contribution in [1.29, 1.82) is 0 Å².